The van der Waals surface area contributed by atoms with E-state index in [1.165, 1.54) is 30.6 Å². The predicted molar refractivity (Wildman–Crippen MR) is 86.5 cm³/mol. The first-order valence-corrected chi connectivity index (χ1v) is 8.69. The van der Waals surface area contributed by atoms with Crippen molar-refractivity contribution in [1.82, 2.24) is 15.1 Å². The monoisotopic (exact) mass is 310 g/mol. The van der Waals surface area contributed by atoms with Crippen LogP contribution < -0.4 is 11.1 Å². The second kappa shape index (κ2) is 7.92. The van der Waals surface area contributed by atoms with E-state index in [0.29, 0.717) is 19.5 Å². The Bertz CT molecular complexity index is 392. The summed E-state index contributed by atoms with van der Waals surface area (Å²) in [5.74, 6) is -0.0448. The van der Waals surface area contributed by atoms with Gasteiger partial charge in [-0.15, -0.1) is 0 Å². The molecule has 6 heteroatoms. The maximum atomic E-state index is 12.6. The third-order valence-corrected chi connectivity index (χ3v) is 4.87. The Morgan fingerprint density at radius 1 is 1.09 bits per heavy atom. The van der Waals surface area contributed by atoms with Gasteiger partial charge in [-0.05, 0) is 38.8 Å². The van der Waals surface area contributed by atoms with Crippen LogP contribution in [-0.4, -0.2) is 60.0 Å². The third kappa shape index (κ3) is 3.79. The molecule has 2 rings (SSSR count). The second-order valence-electron chi connectivity index (χ2n) is 6.51. The van der Waals surface area contributed by atoms with E-state index < -0.39 is 5.54 Å². The fourth-order valence-corrected chi connectivity index (χ4v) is 3.39. The summed E-state index contributed by atoms with van der Waals surface area (Å²) in [6.07, 6.45) is 7.17. The van der Waals surface area contributed by atoms with E-state index in [4.69, 9.17) is 5.73 Å². The lowest BCUT2D eigenvalue weighted by Crippen LogP contribution is -2.55. The number of piperidine rings is 1. The maximum Gasteiger partial charge on any atom is 0.325 e. The zero-order valence-electron chi connectivity index (χ0n) is 13.8. The number of hydrogen-bond acceptors (Lipinski definition) is 4. The van der Waals surface area contributed by atoms with E-state index in [1.807, 2.05) is 0 Å². The molecule has 2 heterocycles. The fraction of sp³-hybridized carbons (Fsp3) is 0.875. The SMILES string of the molecule is CCCCCCN1CCC2(CC1)NC(=O)N(CCCN)C2=O. The van der Waals surface area contributed by atoms with Crippen molar-refractivity contribution >= 4 is 11.9 Å². The summed E-state index contributed by atoms with van der Waals surface area (Å²) in [4.78, 5) is 28.4. The van der Waals surface area contributed by atoms with Crippen LogP contribution in [0.15, 0.2) is 0 Å². The van der Waals surface area contributed by atoms with Crippen LogP contribution in [0.3, 0.4) is 0 Å². The van der Waals surface area contributed by atoms with E-state index >= 15 is 0 Å². The minimum atomic E-state index is -0.647. The van der Waals surface area contributed by atoms with Crippen molar-refractivity contribution in [3.05, 3.63) is 0 Å². The summed E-state index contributed by atoms with van der Waals surface area (Å²) in [5, 5.41) is 2.94. The molecule has 2 aliphatic heterocycles. The van der Waals surface area contributed by atoms with Crippen LogP contribution in [-0.2, 0) is 4.79 Å². The molecular formula is C16H30N4O2. The highest BCUT2D eigenvalue weighted by Crippen LogP contribution is 2.29. The van der Waals surface area contributed by atoms with Crippen LogP contribution in [0.4, 0.5) is 4.79 Å². The van der Waals surface area contributed by atoms with E-state index in [2.05, 4.69) is 17.1 Å². The number of urea groups is 1. The largest absolute Gasteiger partial charge is 0.330 e. The number of carbonyl (C=O) groups is 2. The van der Waals surface area contributed by atoms with Gasteiger partial charge in [0, 0.05) is 19.6 Å². The van der Waals surface area contributed by atoms with Crippen LogP contribution in [0, 0.1) is 0 Å². The van der Waals surface area contributed by atoms with Gasteiger partial charge < -0.3 is 16.0 Å². The lowest BCUT2D eigenvalue weighted by molar-refractivity contribution is -0.133. The van der Waals surface area contributed by atoms with Crippen LogP contribution >= 0.6 is 0 Å². The van der Waals surface area contributed by atoms with Crippen molar-refractivity contribution < 1.29 is 9.59 Å². The molecule has 0 atom stereocenters. The van der Waals surface area contributed by atoms with Gasteiger partial charge in [-0.3, -0.25) is 9.69 Å². The van der Waals surface area contributed by atoms with Gasteiger partial charge in [-0.1, -0.05) is 26.2 Å². The van der Waals surface area contributed by atoms with Gasteiger partial charge in [-0.2, -0.15) is 0 Å². The Labute approximate surface area is 133 Å². The second-order valence-corrected chi connectivity index (χ2v) is 6.51. The number of hydrogen-bond donors (Lipinski definition) is 2. The molecule has 2 aliphatic rings. The van der Waals surface area contributed by atoms with Crippen molar-refractivity contribution in [1.29, 1.82) is 0 Å². The average Bonchev–Trinajstić information content (AvgIpc) is 2.75. The van der Waals surface area contributed by atoms with Gasteiger partial charge >= 0.3 is 6.03 Å². The smallest absolute Gasteiger partial charge is 0.325 e. The zero-order valence-corrected chi connectivity index (χ0v) is 13.8. The van der Waals surface area contributed by atoms with Crippen molar-refractivity contribution in [3.8, 4) is 0 Å². The molecule has 0 aromatic rings. The normalized spacial score (nSPS) is 21.6. The Balaban J connectivity index is 1.82. The molecule has 3 N–H and O–H groups in total. The molecule has 0 unspecified atom stereocenters. The molecule has 0 aromatic carbocycles. The van der Waals surface area contributed by atoms with E-state index in [0.717, 1.165) is 32.5 Å². The minimum Gasteiger partial charge on any atom is -0.330 e. The van der Waals surface area contributed by atoms with Crippen molar-refractivity contribution in [2.45, 2.75) is 57.4 Å². The van der Waals surface area contributed by atoms with E-state index in [9.17, 15) is 9.59 Å². The number of nitrogens with two attached hydrogens (primary N) is 1. The number of unbranched alkanes of at least 4 members (excludes halogenated alkanes) is 3. The molecule has 0 aromatic heterocycles. The molecule has 0 aliphatic carbocycles. The summed E-state index contributed by atoms with van der Waals surface area (Å²) in [7, 11) is 0. The molecule has 2 fully saturated rings. The van der Waals surface area contributed by atoms with Crippen LogP contribution in [0.5, 0.6) is 0 Å². The highest BCUT2D eigenvalue weighted by atomic mass is 16.2. The first-order valence-electron chi connectivity index (χ1n) is 8.69. The summed E-state index contributed by atoms with van der Waals surface area (Å²) in [6.45, 7) is 6.04. The minimum absolute atomic E-state index is 0.0448. The van der Waals surface area contributed by atoms with Crippen molar-refractivity contribution in [2.24, 2.45) is 5.73 Å². The van der Waals surface area contributed by atoms with Crippen molar-refractivity contribution in [3.63, 3.8) is 0 Å². The van der Waals surface area contributed by atoms with Crippen molar-refractivity contribution in [2.75, 3.05) is 32.7 Å². The Kier molecular flexibility index (Phi) is 6.20. The number of rotatable bonds is 8. The molecule has 0 bridgehead atoms. The zero-order chi connectivity index (χ0) is 16.0. The molecule has 1 spiro atoms. The van der Waals surface area contributed by atoms with E-state index in [1.54, 1.807) is 0 Å². The topological polar surface area (TPSA) is 78.7 Å². The average molecular weight is 310 g/mol. The number of carbonyl (C=O) groups excluding carboxylic acids is 2. The molecule has 3 amide bonds. The van der Waals surface area contributed by atoms with Gasteiger partial charge in [0.05, 0.1) is 0 Å². The number of amides is 3. The molecule has 0 radical (unpaired) electrons. The summed E-state index contributed by atoms with van der Waals surface area (Å²) in [5.41, 5.74) is 4.83. The first kappa shape index (κ1) is 17.2. The number of nitrogens with zero attached hydrogens (tertiary/aromatic N) is 2. The van der Waals surface area contributed by atoms with E-state index in [-0.39, 0.29) is 11.9 Å². The lowest BCUT2D eigenvalue weighted by Gasteiger charge is -2.37. The molecule has 22 heavy (non-hydrogen) atoms. The highest BCUT2D eigenvalue weighted by Gasteiger charge is 2.51. The number of imide groups is 1. The van der Waals surface area contributed by atoms with Crippen LogP contribution in [0.2, 0.25) is 0 Å². The Morgan fingerprint density at radius 3 is 2.45 bits per heavy atom. The first-order chi connectivity index (χ1) is 10.6. The number of nitrogens with one attached hydrogen (secondary N) is 1. The van der Waals surface area contributed by atoms with Gasteiger partial charge in [0.1, 0.15) is 5.54 Å². The quantitative estimate of drug-likeness (QED) is 0.523. The standard InChI is InChI=1S/C16H30N4O2/c1-2-3-4-5-10-19-12-7-16(8-13-19)14(21)20(11-6-9-17)15(22)18-16/h2-13,17H2,1H3,(H,18,22). The molecular weight excluding hydrogens is 280 g/mol. The third-order valence-electron chi connectivity index (χ3n) is 4.87. The predicted octanol–water partition coefficient (Wildman–Crippen LogP) is 1.30. The van der Waals surface area contributed by atoms with Gasteiger partial charge in [0.2, 0.25) is 0 Å². The fourth-order valence-electron chi connectivity index (χ4n) is 3.39. The van der Waals surface area contributed by atoms with Gasteiger partial charge in [0.25, 0.3) is 5.91 Å². The summed E-state index contributed by atoms with van der Waals surface area (Å²) < 4.78 is 0. The molecule has 126 valence electrons. The Morgan fingerprint density at radius 2 is 1.82 bits per heavy atom. The molecule has 2 saturated heterocycles. The Hall–Kier alpha value is -1.14. The van der Waals surface area contributed by atoms with Gasteiger partial charge in [0.15, 0.2) is 0 Å². The molecule has 6 nitrogen and oxygen atoms in total. The lowest BCUT2D eigenvalue weighted by atomic mass is 9.87. The summed E-state index contributed by atoms with van der Waals surface area (Å²) in [6, 6.07) is -0.241. The maximum absolute atomic E-state index is 12.6. The van der Waals surface area contributed by atoms with Crippen LogP contribution in [0.1, 0.15) is 51.9 Å². The number of likely N-dealkylation sites (tertiary alicyclic amines) is 1. The van der Waals surface area contributed by atoms with Gasteiger partial charge in [-0.25, -0.2) is 4.79 Å². The van der Waals surface area contributed by atoms with Crippen LogP contribution in [0.25, 0.3) is 0 Å². The molecule has 0 saturated carbocycles. The summed E-state index contributed by atoms with van der Waals surface area (Å²) >= 11 is 0. The highest BCUT2D eigenvalue weighted by molar-refractivity contribution is 6.07.